The van der Waals surface area contributed by atoms with E-state index >= 15 is 14.4 Å². The van der Waals surface area contributed by atoms with Gasteiger partial charge in [-0.05, 0) is 125 Å². The third-order valence-corrected chi connectivity index (χ3v) is 17.5. The van der Waals surface area contributed by atoms with E-state index in [0.29, 0.717) is 26.1 Å². The Balaban J connectivity index is 3.03. The second kappa shape index (κ2) is 38.3. The topological polar surface area (TPSA) is 321 Å². The van der Waals surface area contributed by atoms with Crippen molar-refractivity contribution in [3.05, 3.63) is 11.6 Å². The number of esters is 1. The molecule has 2 rings (SSSR count). The Morgan fingerprint density at radius 2 is 0.968 bits per heavy atom. The van der Waals surface area contributed by atoms with Crippen LogP contribution in [0.15, 0.2) is 16.6 Å². The molecule has 536 valence electrons. The molecule has 0 unspecified atom stereocenters. The van der Waals surface area contributed by atoms with Gasteiger partial charge in [0.05, 0.1) is 25.3 Å². The Hall–Kier alpha value is -6.54. The number of allylic oxidation sites excluding steroid dienone is 1. The van der Waals surface area contributed by atoms with Crippen molar-refractivity contribution in [2.24, 2.45) is 52.3 Å². The molecule has 6 N–H and O–H groups in total. The van der Waals surface area contributed by atoms with Gasteiger partial charge in [-0.3, -0.25) is 52.9 Å². The highest BCUT2D eigenvalue weighted by molar-refractivity contribution is 5.99. The van der Waals surface area contributed by atoms with Gasteiger partial charge in [-0.1, -0.05) is 104 Å². The van der Waals surface area contributed by atoms with Crippen LogP contribution in [-0.4, -0.2) is 264 Å². The van der Waals surface area contributed by atoms with Crippen LogP contribution in [-0.2, 0) is 57.5 Å². The number of rotatable bonds is 20. The van der Waals surface area contributed by atoms with Gasteiger partial charge >= 0.3 is 5.97 Å². The summed E-state index contributed by atoms with van der Waals surface area (Å²) in [5.74, 6) is -11.6. The molecule has 0 aliphatic carbocycles. The number of hydrogen-bond acceptors (Lipinski definition) is 16. The second-order valence-electron chi connectivity index (χ2n) is 29.3. The molecule has 1 saturated heterocycles. The Labute approximate surface area is 560 Å². The predicted octanol–water partition coefficient (Wildman–Crippen LogP) is 2.72. The van der Waals surface area contributed by atoms with Gasteiger partial charge in [-0.25, -0.2) is 4.79 Å². The zero-order valence-corrected chi connectivity index (χ0v) is 61.1. The van der Waals surface area contributed by atoms with E-state index in [0.717, 1.165) is 20.3 Å². The first kappa shape index (κ1) is 83.5. The molecule has 10 amide bonds. The highest BCUT2D eigenvalue weighted by atomic mass is 16.6. The molecule has 0 aromatic heterocycles. The largest absolute Gasteiger partial charge is 0.450 e. The highest BCUT2D eigenvalue weighted by Gasteiger charge is 2.46. The van der Waals surface area contributed by atoms with E-state index in [2.05, 4.69) is 26.3 Å². The number of amides is 10. The van der Waals surface area contributed by atoms with Gasteiger partial charge in [0.1, 0.15) is 54.4 Å². The van der Waals surface area contributed by atoms with Gasteiger partial charge in [0, 0.05) is 55.0 Å². The number of nitrogens with one attached hydrogen (secondary N) is 4. The maximum atomic E-state index is 15.4. The average molecular weight is 1330 g/mol. The molecule has 1 fully saturated rings. The van der Waals surface area contributed by atoms with Gasteiger partial charge in [0.15, 0.2) is 6.10 Å². The first-order valence-electron chi connectivity index (χ1n) is 33.7. The van der Waals surface area contributed by atoms with Crippen molar-refractivity contribution >= 4 is 71.3 Å². The fourth-order valence-corrected chi connectivity index (χ4v) is 11.8. The van der Waals surface area contributed by atoms with E-state index in [1.54, 1.807) is 40.8 Å². The molecule has 2 aliphatic heterocycles. The Kier molecular flexibility index (Phi) is 34.0. The lowest BCUT2D eigenvalue weighted by molar-refractivity contribution is -0.166. The summed E-state index contributed by atoms with van der Waals surface area (Å²) >= 11 is 0. The summed E-state index contributed by atoms with van der Waals surface area (Å²) in [5, 5.41) is 34.8. The molecule has 2 aliphatic rings. The number of carbonyl (C=O) groups excluding carboxylic acids is 11. The van der Waals surface area contributed by atoms with Crippen molar-refractivity contribution in [1.29, 1.82) is 0 Å². The van der Waals surface area contributed by atoms with E-state index in [-0.39, 0.29) is 61.7 Å². The molecule has 0 radical (unpaired) electrons. The van der Waals surface area contributed by atoms with Crippen molar-refractivity contribution in [3.8, 4) is 0 Å². The number of ether oxygens (including phenoxy) is 1. The molecule has 0 saturated carbocycles. The van der Waals surface area contributed by atoms with E-state index in [4.69, 9.17) is 4.74 Å². The number of nitrogens with zero attached hydrogens (tertiary/aromatic N) is 8. The molecular weight excluding hydrogens is 1210 g/mol. The SMILES string of the molecule is CC(C)C[C@@H]1C(=O)N[C@H](CC(C)C)C(=O)N(C)[C@H](C(C)C)C(=O)N(C)[C@H]([C@H](O)[C@H](C)CCN(C)CC2=CC=NC2)C(=O)N[C@H]([C@@H](C)O)C(=O)N(C)CC(=O)N(C)[C@@H](CC(C)C)C(=O)N[C@H](CC(C)C)C(=O)N(C)[C@H](CC(C)C)C(=O)N[C@H](C)C(=O)O[C@@H](C(C)C)C(=O)N1C. The van der Waals surface area contributed by atoms with Crippen molar-refractivity contribution in [2.45, 2.75) is 229 Å². The van der Waals surface area contributed by atoms with Crippen molar-refractivity contribution in [1.82, 2.24) is 55.6 Å². The number of aliphatic hydroxyl groups excluding tert-OH is 2. The van der Waals surface area contributed by atoms with Crippen LogP contribution in [0, 0.1) is 47.3 Å². The fraction of sp³-hybridized carbons (Fsp3) is 0.794. The summed E-state index contributed by atoms with van der Waals surface area (Å²) in [6, 6.07) is -12.3. The van der Waals surface area contributed by atoms with Crippen LogP contribution in [0.5, 0.6) is 0 Å². The molecule has 13 atom stereocenters. The number of carbonyl (C=O) groups is 11. The molecule has 0 aromatic carbocycles. The first-order chi connectivity index (χ1) is 43.5. The zero-order valence-electron chi connectivity index (χ0n) is 61.1. The van der Waals surface area contributed by atoms with E-state index in [1.807, 2.05) is 87.3 Å². The number of aliphatic imine (C=N–C) groups is 1. The van der Waals surface area contributed by atoms with Crippen LogP contribution in [0.4, 0.5) is 0 Å². The minimum Gasteiger partial charge on any atom is -0.450 e. The van der Waals surface area contributed by atoms with Gasteiger partial charge in [0.25, 0.3) is 5.91 Å². The third kappa shape index (κ3) is 24.6. The monoisotopic (exact) mass is 1330 g/mol. The first-order valence-corrected chi connectivity index (χ1v) is 33.7. The molecule has 26 heteroatoms. The van der Waals surface area contributed by atoms with Crippen molar-refractivity contribution in [3.63, 3.8) is 0 Å². The van der Waals surface area contributed by atoms with Crippen LogP contribution >= 0.6 is 0 Å². The van der Waals surface area contributed by atoms with Gasteiger partial charge < -0.3 is 70.5 Å². The van der Waals surface area contributed by atoms with Crippen LogP contribution < -0.4 is 21.3 Å². The quantitative estimate of drug-likeness (QED) is 0.0955. The molecule has 2 heterocycles. The normalized spacial score (nSPS) is 26.4. The molecule has 26 nitrogen and oxygen atoms in total. The number of cyclic esters (lactones) is 1. The number of likely N-dealkylation sites (N-methyl/N-ethyl adjacent to an activating group) is 7. The Bertz CT molecular complexity index is 2640. The highest BCUT2D eigenvalue weighted by Crippen LogP contribution is 2.25. The van der Waals surface area contributed by atoms with E-state index in [9.17, 15) is 48.6 Å². The summed E-state index contributed by atoms with van der Waals surface area (Å²) in [6.45, 7) is 30.4. The summed E-state index contributed by atoms with van der Waals surface area (Å²) in [6.07, 6.45) is -0.229. The van der Waals surface area contributed by atoms with Gasteiger partial charge in [-0.15, -0.1) is 0 Å². The summed E-state index contributed by atoms with van der Waals surface area (Å²) < 4.78 is 5.91. The van der Waals surface area contributed by atoms with Gasteiger partial charge in [0.2, 0.25) is 53.2 Å². The average Bonchev–Trinajstić information content (AvgIpc) is 0.870. The van der Waals surface area contributed by atoms with Crippen LogP contribution in [0.2, 0.25) is 0 Å². The lowest BCUT2D eigenvalue weighted by Crippen LogP contribution is -2.64. The molecular formula is C68H120N12O14. The Morgan fingerprint density at radius 3 is 1.39 bits per heavy atom. The fourth-order valence-electron chi connectivity index (χ4n) is 11.8. The van der Waals surface area contributed by atoms with E-state index < -0.39 is 162 Å². The Morgan fingerprint density at radius 1 is 0.532 bits per heavy atom. The van der Waals surface area contributed by atoms with Crippen molar-refractivity contribution < 1.29 is 67.7 Å². The van der Waals surface area contributed by atoms with Crippen LogP contribution in [0.3, 0.4) is 0 Å². The van der Waals surface area contributed by atoms with Crippen molar-refractivity contribution in [2.75, 3.05) is 75.5 Å². The second-order valence-corrected chi connectivity index (χ2v) is 29.3. The molecule has 94 heavy (non-hydrogen) atoms. The predicted molar refractivity (Wildman–Crippen MR) is 361 cm³/mol. The van der Waals surface area contributed by atoms with Crippen LogP contribution in [0.1, 0.15) is 156 Å². The minimum absolute atomic E-state index is 0.0742. The lowest BCUT2D eigenvalue weighted by atomic mass is 9.91. The standard InChI is InChI=1S/C68H120N12O14/c1-37(2)29-48-63(88)77(21)51(32-40(7)8)59(84)70-45(16)68(93)94-58(43(13)14)67(92)78(22)52(33-41(9)10)61(86)72-49(30-38(3)4)64(89)79(23)55(42(11)12)66(91)80(24)56(57(83)44(15)26-28-74(18)35-47-25-27-69-34-47)62(87)73-54(46(17)81)65(90)75(19)36-53(82)76(20)50(31-39(5)6)60(85)71-48/h25,27,37-46,48-52,54-58,81,83H,26,28-36H2,1-24H3,(H,70,84)(H,71,85)(H,72,86)(H,73,87)/t44-,45-,46-,48-,49-,50+,51-,52-,54-,55-,56-,57-,58+/m1/s1. The molecule has 0 spiro atoms. The number of aliphatic hydroxyl groups is 2. The summed E-state index contributed by atoms with van der Waals surface area (Å²) in [5.41, 5.74) is 1.08. The minimum atomic E-state index is -1.77. The maximum absolute atomic E-state index is 15.4. The van der Waals surface area contributed by atoms with Gasteiger partial charge in [-0.2, -0.15) is 0 Å². The smallest absolute Gasteiger partial charge is 0.329 e. The molecule has 0 bridgehead atoms. The molecule has 0 aromatic rings. The summed E-state index contributed by atoms with van der Waals surface area (Å²) in [4.78, 5) is 175. The van der Waals surface area contributed by atoms with Crippen LogP contribution in [0.25, 0.3) is 0 Å². The third-order valence-electron chi connectivity index (χ3n) is 17.5. The zero-order chi connectivity index (χ0) is 72.2. The number of hydrogen-bond donors (Lipinski definition) is 6. The van der Waals surface area contributed by atoms with E-state index in [1.165, 1.54) is 70.8 Å². The lowest BCUT2D eigenvalue weighted by Gasteiger charge is -2.40. The maximum Gasteiger partial charge on any atom is 0.329 e. The summed E-state index contributed by atoms with van der Waals surface area (Å²) in [7, 11) is 10.1.